The standard InChI is InChI=1S/C18H25F2N3/c1-2-3-7-18-22-16-11-14(19)15(20)12-17(16)23(18)10-8-13-6-4-5-9-21-13/h11-13,21H,2-10H2,1H3. The fraction of sp³-hybridized carbons (Fsp3) is 0.611. The monoisotopic (exact) mass is 321 g/mol. The minimum atomic E-state index is -0.821. The molecular weight excluding hydrogens is 296 g/mol. The highest BCUT2D eigenvalue weighted by atomic mass is 19.2. The average Bonchev–Trinajstić information content (AvgIpc) is 2.89. The highest BCUT2D eigenvalue weighted by molar-refractivity contribution is 5.76. The molecule has 1 unspecified atom stereocenters. The number of unbranched alkanes of at least 4 members (excludes halogenated alkanes) is 1. The number of nitrogens with zero attached hydrogens (tertiary/aromatic N) is 2. The van der Waals surface area contributed by atoms with Crippen LogP contribution < -0.4 is 5.32 Å². The summed E-state index contributed by atoms with van der Waals surface area (Å²) in [5, 5.41) is 3.54. The van der Waals surface area contributed by atoms with E-state index in [1.54, 1.807) is 0 Å². The molecule has 3 nitrogen and oxygen atoms in total. The third-order valence-corrected chi connectivity index (χ3v) is 4.74. The van der Waals surface area contributed by atoms with Gasteiger partial charge in [-0.1, -0.05) is 19.8 Å². The van der Waals surface area contributed by atoms with Gasteiger partial charge in [-0.2, -0.15) is 0 Å². The number of rotatable bonds is 6. The average molecular weight is 321 g/mol. The Morgan fingerprint density at radius 1 is 1.26 bits per heavy atom. The van der Waals surface area contributed by atoms with E-state index in [1.807, 2.05) is 0 Å². The molecule has 5 heteroatoms. The molecule has 0 saturated carbocycles. The fourth-order valence-electron chi connectivity index (χ4n) is 3.40. The van der Waals surface area contributed by atoms with E-state index < -0.39 is 11.6 Å². The predicted octanol–water partition coefficient (Wildman–Crippen LogP) is 4.19. The molecule has 1 saturated heterocycles. The van der Waals surface area contributed by atoms with Crippen molar-refractivity contribution in [3.8, 4) is 0 Å². The molecule has 0 spiro atoms. The lowest BCUT2D eigenvalue weighted by Crippen LogP contribution is -2.34. The Morgan fingerprint density at radius 2 is 2.09 bits per heavy atom. The third-order valence-electron chi connectivity index (χ3n) is 4.74. The van der Waals surface area contributed by atoms with Gasteiger partial charge in [-0.15, -0.1) is 0 Å². The second-order valence-corrected chi connectivity index (χ2v) is 6.47. The number of aromatic nitrogens is 2. The Hall–Kier alpha value is -1.49. The first-order chi connectivity index (χ1) is 11.2. The quantitative estimate of drug-likeness (QED) is 0.864. The summed E-state index contributed by atoms with van der Waals surface area (Å²) >= 11 is 0. The Kier molecular flexibility index (Phi) is 5.26. The molecular formula is C18H25F2N3. The molecule has 2 heterocycles. The van der Waals surface area contributed by atoms with Gasteiger partial charge in [0.05, 0.1) is 11.0 Å². The van der Waals surface area contributed by atoms with Gasteiger partial charge < -0.3 is 9.88 Å². The summed E-state index contributed by atoms with van der Waals surface area (Å²) in [6, 6.07) is 3.03. The maximum atomic E-state index is 13.7. The van der Waals surface area contributed by atoms with Crippen molar-refractivity contribution in [2.45, 2.75) is 64.5 Å². The van der Waals surface area contributed by atoms with Crippen molar-refractivity contribution in [2.75, 3.05) is 6.54 Å². The maximum absolute atomic E-state index is 13.7. The Bertz CT molecular complexity index is 660. The zero-order valence-electron chi connectivity index (χ0n) is 13.7. The van der Waals surface area contributed by atoms with Crippen LogP contribution in [0, 0.1) is 11.6 Å². The van der Waals surface area contributed by atoms with E-state index in [-0.39, 0.29) is 0 Å². The molecule has 1 aliphatic heterocycles. The molecule has 0 radical (unpaired) electrons. The second-order valence-electron chi connectivity index (χ2n) is 6.47. The van der Waals surface area contributed by atoms with Crippen LogP contribution in [0.2, 0.25) is 0 Å². The summed E-state index contributed by atoms with van der Waals surface area (Å²) in [6.45, 7) is 4.02. The van der Waals surface area contributed by atoms with Crippen molar-refractivity contribution < 1.29 is 8.78 Å². The van der Waals surface area contributed by atoms with Crippen LogP contribution in [0.5, 0.6) is 0 Å². The molecule has 3 rings (SSSR count). The SMILES string of the molecule is CCCCc1nc2cc(F)c(F)cc2n1CCC1CCCCN1. The highest BCUT2D eigenvalue weighted by Crippen LogP contribution is 2.22. The number of benzene rings is 1. The molecule has 1 aromatic carbocycles. The van der Waals surface area contributed by atoms with E-state index in [0.717, 1.165) is 44.6 Å². The van der Waals surface area contributed by atoms with Gasteiger partial charge in [-0.05, 0) is 32.2 Å². The van der Waals surface area contributed by atoms with Crippen LogP contribution in [0.25, 0.3) is 11.0 Å². The molecule has 0 aliphatic carbocycles. The Morgan fingerprint density at radius 3 is 2.83 bits per heavy atom. The summed E-state index contributed by atoms with van der Waals surface area (Å²) in [4.78, 5) is 4.55. The summed E-state index contributed by atoms with van der Waals surface area (Å²) in [5.74, 6) is -0.669. The first-order valence-corrected chi connectivity index (χ1v) is 8.76. The highest BCUT2D eigenvalue weighted by Gasteiger charge is 2.17. The minimum absolute atomic E-state index is 0.519. The number of hydrogen-bond acceptors (Lipinski definition) is 2. The van der Waals surface area contributed by atoms with E-state index in [9.17, 15) is 8.78 Å². The van der Waals surface area contributed by atoms with Crippen LogP contribution in [-0.4, -0.2) is 22.1 Å². The number of halogens is 2. The van der Waals surface area contributed by atoms with Gasteiger partial charge in [0.1, 0.15) is 5.82 Å². The summed E-state index contributed by atoms with van der Waals surface area (Å²) in [7, 11) is 0. The second kappa shape index (κ2) is 7.39. The molecule has 1 N–H and O–H groups in total. The van der Waals surface area contributed by atoms with Crippen molar-refractivity contribution in [2.24, 2.45) is 0 Å². The number of nitrogens with one attached hydrogen (secondary N) is 1. The minimum Gasteiger partial charge on any atom is -0.328 e. The van der Waals surface area contributed by atoms with Crippen molar-refractivity contribution >= 4 is 11.0 Å². The van der Waals surface area contributed by atoms with Gasteiger partial charge in [0.15, 0.2) is 11.6 Å². The van der Waals surface area contributed by atoms with Crippen LogP contribution >= 0.6 is 0 Å². The summed E-state index contributed by atoms with van der Waals surface area (Å²) in [6.07, 6.45) is 7.68. The topological polar surface area (TPSA) is 29.9 Å². The van der Waals surface area contributed by atoms with E-state index in [2.05, 4.69) is 21.8 Å². The molecule has 1 fully saturated rings. The van der Waals surface area contributed by atoms with E-state index in [0.29, 0.717) is 17.1 Å². The van der Waals surface area contributed by atoms with Crippen LogP contribution in [0.4, 0.5) is 8.78 Å². The first-order valence-electron chi connectivity index (χ1n) is 8.76. The number of aryl methyl sites for hydroxylation is 2. The van der Waals surface area contributed by atoms with Crippen LogP contribution in [0.3, 0.4) is 0 Å². The lowest BCUT2D eigenvalue weighted by molar-refractivity contribution is 0.366. The molecule has 0 amide bonds. The third kappa shape index (κ3) is 3.71. The van der Waals surface area contributed by atoms with Crippen molar-refractivity contribution in [3.05, 3.63) is 29.6 Å². The molecule has 1 aliphatic rings. The van der Waals surface area contributed by atoms with Crippen molar-refractivity contribution in [3.63, 3.8) is 0 Å². The maximum Gasteiger partial charge on any atom is 0.161 e. The van der Waals surface area contributed by atoms with E-state index in [4.69, 9.17) is 0 Å². The van der Waals surface area contributed by atoms with E-state index in [1.165, 1.54) is 31.4 Å². The van der Waals surface area contributed by atoms with Gasteiger partial charge >= 0.3 is 0 Å². The molecule has 2 aromatic rings. The predicted molar refractivity (Wildman–Crippen MR) is 88.5 cm³/mol. The Balaban J connectivity index is 1.86. The molecule has 126 valence electrons. The van der Waals surface area contributed by atoms with Gasteiger partial charge in [-0.3, -0.25) is 0 Å². The number of piperidine rings is 1. The van der Waals surface area contributed by atoms with Gasteiger partial charge in [0.25, 0.3) is 0 Å². The van der Waals surface area contributed by atoms with Crippen LogP contribution in [-0.2, 0) is 13.0 Å². The number of imidazole rings is 1. The van der Waals surface area contributed by atoms with E-state index >= 15 is 0 Å². The largest absolute Gasteiger partial charge is 0.328 e. The normalized spacial score (nSPS) is 18.7. The van der Waals surface area contributed by atoms with Crippen LogP contribution in [0.15, 0.2) is 12.1 Å². The van der Waals surface area contributed by atoms with Crippen molar-refractivity contribution in [1.82, 2.24) is 14.9 Å². The Labute approximate surface area is 136 Å². The van der Waals surface area contributed by atoms with Crippen molar-refractivity contribution in [1.29, 1.82) is 0 Å². The molecule has 0 bridgehead atoms. The fourth-order valence-corrected chi connectivity index (χ4v) is 3.40. The number of fused-ring (bicyclic) bond motifs is 1. The zero-order chi connectivity index (χ0) is 16.2. The molecule has 1 aromatic heterocycles. The van der Waals surface area contributed by atoms with Gasteiger partial charge in [0, 0.05) is 31.1 Å². The van der Waals surface area contributed by atoms with Gasteiger partial charge in [0.2, 0.25) is 0 Å². The zero-order valence-corrected chi connectivity index (χ0v) is 13.7. The number of hydrogen-bond donors (Lipinski definition) is 1. The smallest absolute Gasteiger partial charge is 0.161 e. The summed E-state index contributed by atoms with van der Waals surface area (Å²) in [5.41, 5.74) is 1.28. The lowest BCUT2D eigenvalue weighted by atomic mass is 10.0. The van der Waals surface area contributed by atoms with Crippen LogP contribution in [0.1, 0.15) is 51.3 Å². The first kappa shape index (κ1) is 16.4. The lowest BCUT2D eigenvalue weighted by Gasteiger charge is -2.24. The molecule has 1 atom stereocenters. The summed E-state index contributed by atoms with van der Waals surface area (Å²) < 4.78 is 29.2. The van der Waals surface area contributed by atoms with Gasteiger partial charge in [-0.25, -0.2) is 13.8 Å². The molecule has 23 heavy (non-hydrogen) atoms.